The van der Waals surface area contributed by atoms with Crippen LogP contribution in [0.1, 0.15) is 5.89 Å². The fourth-order valence-electron chi connectivity index (χ4n) is 1.29. The lowest BCUT2D eigenvalue weighted by Gasteiger charge is -2.25. The standard InChI is InChI=1S/C7H11FN4O/c8-5-6-10-7(11-13-6)12-3-1-9-2-4-12/h9H,1-5H2. The first-order valence-corrected chi connectivity index (χ1v) is 4.24. The van der Waals surface area contributed by atoms with Crippen LogP contribution < -0.4 is 10.2 Å². The average Bonchev–Trinajstić information content (AvgIpc) is 2.67. The van der Waals surface area contributed by atoms with E-state index in [1.807, 2.05) is 4.90 Å². The van der Waals surface area contributed by atoms with Gasteiger partial charge in [0.25, 0.3) is 11.8 Å². The lowest BCUT2D eigenvalue weighted by Crippen LogP contribution is -2.44. The molecule has 2 heterocycles. The van der Waals surface area contributed by atoms with Gasteiger partial charge in [0.15, 0.2) is 6.67 Å². The molecule has 0 atom stereocenters. The average molecular weight is 186 g/mol. The van der Waals surface area contributed by atoms with Crippen LogP contribution >= 0.6 is 0 Å². The molecule has 1 saturated heterocycles. The first kappa shape index (κ1) is 8.43. The number of halogens is 1. The number of nitrogens with zero attached hydrogens (tertiary/aromatic N) is 3. The van der Waals surface area contributed by atoms with Gasteiger partial charge in [-0.05, 0) is 5.16 Å². The number of hydrogen-bond acceptors (Lipinski definition) is 5. The van der Waals surface area contributed by atoms with Gasteiger partial charge in [-0.2, -0.15) is 4.98 Å². The zero-order valence-electron chi connectivity index (χ0n) is 7.16. The van der Waals surface area contributed by atoms with Crippen LogP contribution in [-0.2, 0) is 6.67 Å². The second kappa shape index (κ2) is 3.69. The lowest BCUT2D eigenvalue weighted by molar-refractivity contribution is 0.322. The Labute approximate surface area is 74.9 Å². The van der Waals surface area contributed by atoms with E-state index in [0.717, 1.165) is 26.2 Å². The minimum absolute atomic E-state index is 0.0496. The summed E-state index contributed by atoms with van der Waals surface area (Å²) in [6, 6.07) is 0. The molecule has 0 aliphatic carbocycles. The van der Waals surface area contributed by atoms with Crippen molar-refractivity contribution in [1.29, 1.82) is 0 Å². The highest BCUT2D eigenvalue weighted by Crippen LogP contribution is 2.10. The Bertz CT molecular complexity index is 271. The molecule has 0 spiro atoms. The monoisotopic (exact) mass is 186 g/mol. The summed E-state index contributed by atoms with van der Waals surface area (Å²) >= 11 is 0. The van der Waals surface area contributed by atoms with Gasteiger partial charge in [-0.25, -0.2) is 4.39 Å². The van der Waals surface area contributed by atoms with Gasteiger partial charge in [-0.3, -0.25) is 0 Å². The van der Waals surface area contributed by atoms with E-state index in [0.29, 0.717) is 5.95 Å². The summed E-state index contributed by atoms with van der Waals surface area (Å²) in [5.74, 6) is 0.544. The van der Waals surface area contributed by atoms with Crippen molar-refractivity contribution in [3.05, 3.63) is 5.89 Å². The zero-order valence-corrected chi connectivity index (χ0v) is 7.16. The fourth-order valence-corrected chi connectivity index (χ4v) is 1.29. The predicted molar refractivity (Wildman–Crippen MR) is 44.2 cm³/mol. The highest BCUT2D eigenvalue weighted by atomic mass is 19.1. The van der Waals surface area contributed by atoms with Gasteiger partial charge in [-0.15, -0.1) is 0 Å². The first-order valence-electron chi connectivity index (χ1n) is 4.24. The molecule has 2 rings (SSSR count). The number of nitrogens with one attached hydrogen (secondary N) is 1. The SMILES string of the molecule is FCc1nc(N2CCNCC2)no1. The summed E-state index contributed by atoms with van der Waals surface area (Å²) in [5, 5.41) is 6.89. The summed E-state index contributed by atoms with van der Waals surface area (Å²) in [6.45, 7) is 2.79. The second-order valence-electron chi connectivity index (χ2n) is 2.86. The van der Waals surface area contributed by atoms with Crippen molar-refractivity contribution in [2.24, 2.45) is 0 Å². The van der Waals surface area contributed by atoms with Crippen LogP contribution in [0, 0.1) is 0 Å². The van der Waals surface area contributed by atoms with Crippen LogP contribution in [-0.4, -0.2) is 36.3 Å². The number of piperazine rings is 1. The number of hydrogen-bond donors (Lipinski definition) is 1. The molecule has 0 amide bonds. The second-order valence-corrected chi connectivity index (χ2v) is 2.86. The van der Waals surface area contributed by atoms with Crippen LogP contribution in [0.2, 0.25) is 0 Å². The molecule has 0 radical (unpaired) electrons. The molecule has 0 aromatic carbocycles. The Kier molecular flexibility index (Phi) is 2.40. The van der Waals surface area contributed by atoms with Gasteiger partial charge >= 0.3 is 0 Å². The first-order chi connectivity index (χ1) is 6.40. The maximum absolute atomic E-state index is 12.1. The predicted octanol–water partition coefficient (Wildman–Crippen LogP) is -0.0513. The van der Waals surface area contributed by atoms with Gasteiger partial charge in [0.1, 0.15) is 0 Å². The summed E-state index contributed by atoms with van der Waals surface area (Å²) in [6.07, 6.45) is 0. The van der Waals surface area contributed by atoms with Crippen LogP contribution in [0.25, 0.3) is 0 Å². The molecule has 0 saturated carbocycles. The topological polar surface area (TPSA) is 54.2 Å². The summed E-state index contributed by atoms with van der Waals surface area (Å²) in [5.41, 5.74) is 0. The normalized spacial score (nSPS) is 17.8. The molecule has 6 heteroatoms. The van der Waals surface area contributed by atoms with E-state index >= 15 is 0 Å². The van der Waals surface area contributed by atoms with E-state index in [2.05, 4.69) is 20.0 Å². The van der Waals surface area contributed by atoms with E-state index in [9.17, 15) is 4.39 Å². The molecule has 1 aromatic rings. The van der Waals surface area contributed by atoms with Gasteiger partial charge < -0.3 is 14.7 Å². The number of alkyl halides is 1. The Balaban J connectivity index is 2.05. The van der Waals surface area contributed by atoms with Crippen LogP contribution in [0.5, 0.6) is 0 Å². The molecular formula is C7H11FN4O. The fraction of sp³-hybridized carbons (Fsp3) is 0.714. The summed E-state index contributed by atoms with van der Waals surface area (Å²) in [4.78, 5) is 5.87. The largest absolute Gasteiger partial charge is 0.336 e. The van der Waals surface area contributed by atoms with E-state index in [4.69, 9.17) is 0 Å². The molecule has 0 bridgehead atoms. The molecule has 5 nitrogen and oxygen atoms in total. The summed E-state index contributed by atoms with van der Waals surface area (Å²) < 4.78 is 16.7. The number of aromatic nitrogens is 2. The van der Waals surface area contributed by atoms with Crippen LogP contribution in [0.15, 0.2) is 4.52 Å². The Morgan fingerprint density at radius 3 is 2.85 bits per heavy atom. The maximum atomic E-state index is 12.1. The van der Waals surface area contributed by atoms with Gasteiger partial charge in [0.2, 0.25) is 0 Å². The van der Waals surface area contributed by atoms with Crippen molar-refractivity contribution in [1.82, 2.24) is 15.5 Å². The zero-order chi connectivity index (χ0) is 9.10. The van der Waals surface area contributed by atoms with E-state index < -0.39 is 6.67 Å². The molecule has 0 unspecified atom stereocenters. The number of rotatable bonds is 2. The molecule has 1 N–H and O–H groups in total. The van der Waals surface area contributed by atoms with Gasteiger partial charge in [-0.1, -0.05) is 0 Å². The van der Waals surface area contributed by atoms with E-state index in [-0.39, 0.29) is 5.89 Å². The van der Waals surface area contributed by atoms with Crippen molar-refractivity contribution in [2.45, 2.75) is 6.67 Å². The van der Waals surface area contributed by atoms with E-state index in [1.54, 1.807) is 0 Å². The van der Waals surface area contributed by atoms with Crippen LogP contribution in [0.4, 0.5) is 10.3 Å². The smallest absolute Gasteiger partial charge is 0.266 e. The molecule has 72 valence electrons. The van der Waals surface area contributed by atoms with E-state index in [1.165, 1.54) is 0 Å². The molecule has 13 heavy (non-hydrogen) atoms. The quantitative estimate of drug-likeness (QED) is 0.701. The molecule has 1 aliphatic heterocycles. The highest BCUT2D eigenvalue weighted by Gasteiger charge is 2.15. The van der Waals surface area contributed by atoms with Crippen molar-refractivity contribution >= 4 is 5.95 Å². The third kappa shape index (κ3) is 1.77. The minimum atomic E-state index is -0.695. The molecule has 1 aromatic heterocycles. The summed E-state index contributed by atoms with van der Waals surface area (Å²) in [7, 11) is 0. The Morgan fingerprint density at radius 1 is 1.46 bits per heavy atom. The van der Waals surface area contributed by atoms with Crippen LogP contribution in [0.3, 0.4) is 0 Å². The van der Waals surface area contributed by atoms with Crippen molar-refractivity contribution < 1.29 is 8.91 Å². The van der Waals surface area contributed by atoms with Crippen molar-refractivity contribution in [3.63, 3.8) is 0 Å². The lowest BCUT2D eigenvalue weighted by atomic mass is 10.4. The Morgan fingerprint density at radius 2 is 2.23 bits per heavy atom. The third-order valence-corrected chi connectivity index (χ3v) is 1.97. The van der Waals surface area contributed by atoms with Crippen molar-refractivity contribution in [3.8, 4) is 0 Å². The Hall–Kier alpha value is -1.17. The molecule has 1 fully saturated rings. The molecular weight excluding hydrogens is 175 g/mol. The van der Waals surface area contributed by atoms with Gasteiger partial charge in [0.05, 0.1) is 0 Å². The maximum Gasteiger partial charge on any atom is 0.266 e. The van der Waals surface area contributed by atoms with Crippen molar-refractivity contribution in [2.75, 3.05) is 31.1 Å². The highest BCUT2D eigenvalue weighted by molar-refractivity contribution is 5.28. The minimum Gasteiger partial charge on any atom is -0.336 e. The third-order valence-electron chi connectivity index (χ3n) is 1.97. The van der Waals surface area contributed by atoms with Gasteiger partial charge in [0, 0.05) is 26.2 Å². The number of anilines is 1. The molecule has 1 aliphatic rings.